The molecule has 2 fully saturated rings. The van der Waals surface area contributed by atoms with Gasteiger partial charge < -0.3 is 4.90 Å². The molecule has 1 aliphatic heterocycles. The fourth-order valence-corrected chi connectivity index (χ4v) is 4.52. The molecule has 2 atom stereocenters. The third-order valence-corrected chi connectivity index (χ3v) is 6.01. The summed E-state index contributed by atoms with van der Waals surface area (Å²) >= 11 is 6.06. The molecule has 1 saturated carbocycles. The van der Waals surface area contributed by atoms with Gasteiger partial charge in [-0.15, -0.1) is 0 Å². The molecule has 1 saturated heterocycles. The highest BCUT2D eigenvalue weighted by molar-refractivity contribution is 6.30. The Labute approximate surface area is 142 Å². The highest BCUT2D eigenvalue weighted by Gasteiger charge is 2.42. The molecule has 1 amide bonds. The van der Waals surface area contributed by atoms with E-state index < -0.39 is 0 Å². The van der Waals surface area contributed by atoms with E-state index in [2.05, 4.69) is 29.6 Å². The Hall–Kier alpha value is -1.32. The van der Waals surface area contributed by atoms with E-state index in [1.54, 1.807) is 0 Å². The standard InChI is InChI=1S/C19H23ClN2O/c20-16-7-5-15(6-8-16)19(10-2-1-3-11-19)21-13-22-17-9-4-14(12-17)18(22)23/h4-9,14,17,21H,1-3,10-13H2. The van der Waals surface area contributed by atoms with E-state index in [0.717, 1.165) is 24.3 Å². The van der Waals surface area contributed by atoms with Gasteiger partial charge in [-0.25, -0.2) is 0 Å². The van der Waals surface area contributed by atoms with Crippen LogP contribution in [0.4, 0.5) is 0 Å². The maximum absolute atomic E-state index is 12.3. The highest BCUT2D eigenvalue weighted by atomic mass is 35.5. The van der Waals surface area contributed by atoms with Gasteiger partial charge in [0, 0.05) is 10.6 Å². The number of halogens is 1. The number of nitrogens with zero attached hydrogens (tertiary/aromatic N) is 1. The van der Waals surface area contributed by atoms with Crippen LogP contribution in [0, 0.1) is 5.92 Å². The third-order valence-electron chi connectivity index (χ3n) is 5.75. The van der Waals surface area contributed by atoms with Crippen LogP contribution >= 0.6 is 11.6 Å². The van der Waals surface area contributed by atoms with Crippen LogP contribution in [-0.4, -0.2) is 23.5 Å². The summed E-state index contributed by atoms with van der Waals surface area (Å²) < 4.78 is 0. The molecular formula is C19H23ClN2O. The van der Waals surface area contributed by atoms with Gasteiger partial charge in [0.25, 0.3) is 0 Å². The lowest BCUT2D eigenvalue weighted by atomic mass is 9.76. The maximum atomic E-state index is 12.3. The lowest BCUT2D eigenvalue weighted by Gasteiger charge is -2.41. The second-order valence-electron chi connectivity index (χ2n) is 7.09. The van der Waals surface area contributed by atoms with Crippen molar-refractivity contribution in [3.63, 3.8) is 0 Å². The van der Waals surface area contributed by atoms with Crippen molar-refractivity contribution in [1.82, 2.24) is 10.2 Å². The lowest BCUT2D eigenvalue weighted by molar-refractivity contribution is -0.131. The minimum Gasteiger partial charge on any atom is -0.323 e. The van der Waals surface area contributed by atoms with E-state index in [0.29, 0.717) is 12.7 Å². The Morgan fingerprint density at radius 1 is 1.13 bits per heavy atom. The first-order chi connectivity index (χ1) is 11.2. The van der Waals surface area contributed by atoms with Gasteiger partial charge in [-0.1, -0.05) is 55.1 Å². The summed E-state index contributed by atoms with van der Waals surface area (Å²) in [6, 6.07) is 8.52. The zero-order chi connectivity index (χ0) is 15.9. The smallest absolute Gasteiger partial charge is 0.231 e. The molecule has 2 aliphatic carbocycles. The first-order valence-corrected chi connectivity index (χ1v) is 9.06. The number of rotatable bonds is 4. The van der Waals surface area contributed by atoms with Crippen molar-refractivity contribution < 1.29 is 4.79 Å². The van der Waals surface area contributed by atoms with Gasteiger partial charge in [0.15, 0.2) is 0 Å². The molecular weight excluding hydrogens is 308 g/mol. The molecule has 2 bridgehead atoms. The summed E-state index contributed by atoms with van der Waals surface area (Å²) in [6.45, 7) is 0.646. The predicted octanol–water partition coefficient (Wildman–Crippen LogP) is 3.83. The molecule has 4 rings (SSSR count). The Morgan fingerprint density at radius 3 is 2.52 bits per heavy atom. The number of carbonyl (C=O) groups is 1. The predicted molar refractivity (Wildman–Crippen MR) is 92.1 cm³/mol. The van der Waals surface area contributed by atoms with E-state index in [1.165, 1.54) is 24.8 Å². The van der Waals surface area contributed by atoms with Crippen LogP contribution < -0.4 is 5.32 Å². The first kappa shape index (κ1) is 15.2. The summed E-state index contributed by atoms with van der Waals surface area (Å²) in [5.74, 6) is 0.409. The molecule has 4 heteroatoms. The Bertz CT molecular complexity index is 619. The zero-order valence-electron chi connectivity index (χ0n) is 13.3. The van der Waals surface area contributed by atoms with Crippen molar-refractivity contribution in [3.8, 4) is 0 Å². The molecule has 2 unspecified atom stereocenters. The molecule has 3 aliphatic rings. The number of hydrogen-bond acceptors (Lipinski definition) is 2. The van der Waals surface area contributed by atoms with E-state index in [9.17, 15) is 4.79 Å². The van der Waals surface area contributed by atoms with E-state index in [4.69, 9.17) is 11.6 Å². The molecule has 0 radical (unpaired) electrons. The Balaban J connectivity index is 1.53. The second kappa shape index (κ2) is 5.95. The molecule has 23 heavy (non-hydrogen) atoms. The van der Waals surface area contributed by atoms with Gasteiger partial charge in [0.1, 0.15) is 0 Å². The zero-order valence-corrected chi connectivity index (χ0v) is 14.1. The van der Waals surface area contributed by atoms with Crippen molar-refractivity contribution in [2.75, 3.05) is 6.67 Å². The monoisotopic (exact) mass is 330 g/mol. The Kier molecular flexibility index (Phi) is 3.94. The lowest BCUT2D eigenvalue weighted by Crippen LogP contribution is -2.51. The molecule has 0 aromatic heterocycles. The number of benzene rings is 1. The van der Waals surface area contributed by atoms with Gasteiger partial charge in [-0.05, 0) is 37.0 Å². The van der Waals surface area contributed by atoms with E-state index in [1.807, 2.05) is 17.0 Å². The molecule has 1 N–H and O–H groups in total. The van der Waals surface area contributed by atoms with E-state index >= 15 is 0 Å². The molecule has 3 nitrogen and oxygen atoms in total. The number of likely N-dealkylation sites (tertiary alicyclic amines) is 1. The van der Waals surface area contributed by atoms with Crippen molar-refractivity contribution in [2.45, 2.75) is 50.1 Å². The molecule has 1 aromatic rings. The van der Waals surface area contributed by atoms with Gasteiger partial charge in [-0.3, -0.25) is 10.1 Å². The average Bonchev–Trinajstić information content (AvgIpc) is 3.16. The van der Waals surface area contributed by atoms with Gasteiger partial charge in [-0.2, -0.15) is 0 Å². The van der Waals surface area contributed by atoms with Crippen molar-refractivity contribution in [2.24, 2.45) is 5.92 Å². The SMILES string of the molecule is O=C1C2C=CC(C2)N1CNC1(c2ccc(Cl)cc2)CCCCC1. The van der Waals surface area contributed by atoms with Crippen LogP contribution in [0.2, 0.25) is 5.02 Å². The number of carbonyl (C=O) groups excluding carboxylic acids is 1. The van der Waals surface area contributed by atoms with Crippen LogP contribution in [0.3, 0.4) is 0 Å². The minimum absolute atomic E-state index is 0.0192. The van der Waals surface area contributed by atoms with Crippen LogP contribution in [0.5, 0.6) is 0 Å². The van der Waals surface area contributed by atoms with Crippen LogP contribution in [-0.2, 0) is 10.3 Å². The summed E-state index contributed by atoms with van der Waals surface area (Å²) in [6.07, 6.45) is 11.2. The fourth-order valence-electron chi connectivity index (χ4n) is 4.39. The number of nitrogens with one attached hydrogen (secondary N) is 1. The second-order valence-corrected chi connectivity index (χ2v) is 7.52. The van der Waals surface area contributed by atoms with Crippen LogP contribution in [0.15, 0.2) is 36.4 Å². The molecule has 1 heterocycles. The average molecular weight is 331 g/mol. The first-order valence-electron chi connectivity index (χ1n) is 8.68. The summed E-state index contributed by atoms with van der Waals surface area (Å²) in [5.41, 5.74) is 1.28. The third kappa shape index (κ3) is 2.70. The van der Waals surface area contributed by atoms with E-state index in [-0.39, 0.29) is 17.4 Å². The molecule has 0 spiro atoms. The topological polar surface area (TPSA) is 32.3 Å². The van der Waals surface area contributed by atoms with Crippen molar-refractivity contribution in [3.05, 3.63) is 47.0 Å². The summed E-state index contributed by atoms with van der Waals surface area (Å²) in [4.78, 5) is 14.4. The molecule has 122 valence electrons. The molecule has 1 aromatic carbocycles. The van der Waals surface area contributed by atoms with Gasteiger partial charge >= 0.3 is 0 Å². The maximum Gasteiger partial charge on any atom is 0.231 e. The normalized spacial score (nSPS) is 28.6. The summed E-state index contributed by atoms with van der Waals surface area (Å²) in [7, 11) is 0. The quantitative estimate of drug-likeness (QED) is 0.851. The van der Waals surface area contributed by atoms with Gasteiger partial charge in [0.05, 0.1) is 18.6 Å². The number of fused-ring (bicyclic) bond motifs is 2. The highest BCUT2D eigenvalue weighted by Crippen LogP contribution is 2.38. The van der Waals surface area contributed by atoms with Crippen LogP contribution in [0.25, 0.3) is 0 Å². The van der Waals surface area contributed by atoms with Crippen molar-refractivity contribution in [1.29, 1.82) is 0 Å². The van der Waals surface area contributed by atoms with Crippen LogP contribution in [0.1, 0.15) is 44.1 Å². The minimum atomic E-state index is -0.0192. The van der Waals surface area contributed by atoms with Crippen molar-refractivity contribution >= 4 is 17.5 Å². The largest absolute Gasteiger partial charge is 0.323 e. The number of amides is 1. The Morgan fingerprint density at radius 2 is 1.87 bits per heavy atom. The fraction of sp³-hybridized carbons (Fsp3) is 0.526. The number of hydrogen-bond donors (Lipinski definition) is 1. The summed E-state index contributed by atoms with van der Waals surface area (Å²) in [5, 5.41) is 4.53. The van der Waals surface area contributed by atoms with Gasteiger partial charge in [0.2, 0.25) is 5.91 Å².